The van der Waals surface area contributed by atoms with E-state index in [4.69, 9.17) is 4.99 Å². The zero-order chi connectivity index (χ0) is 32.1. The third kappa shape index (κ3) is 3.82. The molecule has 1 N–H and O–H groups in total. The Morgan fingerprint density at radius 3 is 2.22 bits per heavy atom. The predicted molar refractivity (Wildman–Crippen MR) is 207 cm³/mol. The fourth-order valence-corrected chi connectivity index (χ4v) is 9.54. The minimum Gasteiger partial charge on any atom is -0.346 e. The Bertz CT molecular complexity index is 2910. The molecule has 1 unspecified atom stereocenters. The van der Waals surface area contributed by atoms with Gasteiger partial charge in [-0.1, -0.05) is 109 Å². The van der Waals surface area contributed by atoms with E-state index in [1.807, 2.05) is 11.3 Å². The van der Waals surface area contributed by atoms with Gasteiger partial charge in [-0.15, -0.1) is 11.3 Å². The van der Waals surface area contributed by atoms with Crippen LogP contribution < -0.4 is 5.32 Å². The fourth-order valence-electron chi connectivity index (χ4n) is 8.32. The molecule has 6 aromatic carbocycles. The second-order valence-electron chi connectivity index (χ2n) is 13.0. The lowest BCUT2D eigenvalue weighted by Gasteiger charge is -2.31. The zero-order valence-corrected chi connectivity index (χ0v) is 27.4. The van der Waals surface area contributed by atoms with E-state index in [1.54, 1.807) is 0 Å². The molecule has 0 spiro atoms. The monoisotopic (exact) mass is 646 g/mol. The topological polar surface area (TPSA) is 34.2 Å². The normalized spacial score (nSPS) is 16.3. The summed E-state index contributed by atoms with van der Waals surface area (Å²) in [6.45, 7) is 0. The van der Waals surface area contributed by atoms with Gasteiger partial charge in [0.1, 0.15) is 0 Å². The van der Waals surface area contributed by atoms with Crippen LogP contribution >= 0.6 is 11.3 Å². The number of hydrogen-bond acceptors (Lipinski definition) is 3. The average molecular weight is 647 g/mol. The maximum atomic E-state index is 5.71. The lowest BCUT2D eigenvalue weighted by Crippen LogP contribution is -2.34. The summed E-state index contributed by atoms with van der Waals surface area (Å²) >= 11 is 1.87. The van der Waals surface area contributed by atoms with Crippen molar-refractivity contribution in [2.75, 3.05) is 0 Å². The number of nitrogens with one attached hydrogen (secondary N) is 1. The molecule has 4 nitrogen and oxygen atoms in total. The maximum Gasteiger partial charge on any atom is 0.201 e. The van der Waals surface area contributed by atoms with Gasteiger partial charge in [0.15, 0.2) is 0 Å². The minimum absolute atomic E-state index is 0.340. The summed E-state index contributed by atoms with van der Waals surface area (Å²) in [4.78, 5) is 5.71. The quantitative estimate of drug-likeness (QED) is 0.204. The van der Waals surface area contributed by atoms with Crippen molar-refractivity contribution in [1.82, 2.24) is 14.5 Å². The van der Waals surface area contributed by atoms with E-state index in [0.29, 0.717) is 0 Å². The number of hydrogen-bond donors (Lipinski definition) is 1. The van der Waals surface area contributed by atoms with Crippen molar-refractivity contribution >= 4 is 80.8 Å². The molecule has 1 atom stereocenters. The first kappa shape index (κ1) is 27.1. The van der Waals surface area contributed by atoms with E-state index in [1.165, 1.54) is 80.6 Å². The Labute approximate surface area is 286 Å². The first-order chi connectivity index (χ1) is 24.3. The number of aliphatic imine (C=N–C) groups is 1. The fraction of sp³-hybridized carbons (Fsp3) is 0.0682. The largest absolute Gasteiger partial charge is 0.346 e. The summed E-state index contributed by atoms with van der Waals surface area (Å²) in [5.74, 6) is 0. The van der Waals surface area contributed by atoms with Crippen LogP contribution in [-0.4, -0.2) is 14.8 Å². The lowest BCUT2D eigenvalue weighted by atomic mass is 9.92. The van der Waals surface area contributed by atoms with Gasteiger partial charge in [-0.3, -0.25) is 0 Å². The highest BCUT2D eigenvalue weighted by Gasteiger charge is 2.30. The van der Waals surface area contributed by atoms with Crippen LogP contribution in [0.3, 0.4) is 0 Å². The van der Waals surface area contributed by atoms with E-state index in [0.717, 1.165) is 24.2 Å². The van der Waals surface area contributed by atoms with Crippen molar-refractivity contribution in [2.24, 2.45) is 4.99 Å². The van der Waals surface area contributed by atoms with Gasteiger partial charge in [0, 0.05) is 64.2 Å². The van der Waals surface area contributed by atoms with E-state index in [9.17, 15) is 0 Å². The molecule has 1 aliphatic heterocycles. The number of thiophene rings is 1. The van der Waals surface area contributed by atoms with Gasteiger partial charge in [-0.05, 0) is 49.2 Å². The second-order valence-corrected chi connectivity index (χ2v) is 14.1. The summed E-state index contributed by atoms with van der Waals surface area (Å²) in [7, 11) is 0. The van der Waals surface area contributed by atoms with Crippen LogP contribution in [0.25, 0.3) is 69.5 Å². The molecule has 9 aromatic rings. The number of nitrogens with zero attached hydrogens (tertiary/aromatic N) is 3. The molecule has 0 saturated heterocycles. The molecule has 4 heterocycles. The molecule has 0 bridgehead atoms. The lowest BCUT2D eigenvalue weighted by molar-refractivity contribution is 0.480. The van der Waals surface area contributed by atoms with E-state index in [-0.39, 0.29) is 6.29 Å². The van der Waals surface area contributed by atoms with Gasteiger partial charge in [-0.25, -0.2) is 4.99 Å². The summed E-state index contributed by atoms with van der Waals surface area (Å²) in [5, 5.41) is 11.5. The van der Waals surface area contributed by atoms with Gasteiger partial charge in [0.05, 0.1) is 27.8 Å². The third-order valence-corrected chi connectivity index (χ3v) is 11.6. The summed E-state index contributed by atoms with van der Waals surface area (Å²) < 4.78 is 7.47. The Morgan fingerprint density at radius 2 is 1.33 bits per heavy atom. The third-order valence-electron chi connectivity index (χ3n) is 10.4. The van der Waals surface area contributed by atoms with Crippen LogP contribution in [0.4, 0.5) is 0 Å². The molecule has 5 heteroatoms. The average Bonchev–Trinajstić information content (AvgIpc) is 3.82. The van der Waals surface area contributed by atoms with Crippen LogP contribution in [0.5, 0.6) is 0 Å². The van der Waals surface area contributed by atoms with Crippen molar-refractivity contribution in [3.05, 3.63) is 162 Å². The molecule has 0 radical (unpaired) electrons. The van der Waals surface area contributed by atoms with Crippen molar-refractivity contribution in [3.8, 4) is 5.69 Å². The Hall–Kier alpha value is -5.91. The molecular weight excluding hydrogens is 617 g/mol. The first-order valence-corrected chi connectivity index (χ1v) is 17.8. The van der Waals surface area contributed by atoms with Crippen LogP contribution in [-0.2, 0) is 0 Å². The smallest absolute Gasteiger partial charge is 0.201 e. The molecule has 2 aliphatic rings. The molecule has 0 fully saturated rings. The van der Waals surface area contributed by atoms with Gasteiger partial charge in [0.2, 0.25) is 6.29 Å². The Morgan fingerprint density at radius 1 is 0.592 bits per heavy atom. The summed E-state index contributed by atoms with van der Waals surface area (Å²) in [5.41, 5.74) is 10.6. The molecule has 11 rings (SSSR count). The molecule has 49 heavy (non-hydrogen) atoms. The molecule has 1 aliphatic carbocycles. The maximum absolute atomic E-state index is 5.71. The van der Waals surface area contributed by atoms with Crippen LogP contribution in [0.15, 0.2) is 162 Å². The molecule has 0 saturated carbocycles. The Balaban J connectivity index is 1.25. The van der Waals surface area contributed by atoms with Gasteiger partial charge >= 0.3 is 0 Å². The number of rotatable bonds is 3. The SMILES string of the molecule is C1=C2NC(n3c4ccccc4c4ccc5c(c6ccccc6n5-c5ccccc5)c43)N=C(c3cccc4c3sc3ccccc34)C2=CCC1. The molecular formula is C44H30N4S. The van der Waals surface area contributed by atoms with Crippen LogP contribution in [0, 0.1) is 0 Å². The zero-order valence-electron chi connectivity index (χ0n) is 26.6. The van der Waals surface area contributed by atoms with Gasteiger partial charge in [-0.2, -0.15) is 0 Å². The highest BCUT2D eigenvalue weighted by Crippen LogP contribution is 2.44. The molecule has 3 aromatic heterocycles. The standard InChI is InChI=1S/C44H30N4S/c1-2-13-27(14-3-1)47-37-23-10-6-18-33(37)40-38(47)26-25-30-28-15-5-9-22-36(28)48(42(30)40)44-45-35-21-8-4-17-32(35)41(46-44)34-20-12-19-31-29-16-7-11-24-39(29)49-43(31)34/h1-3,5-7,9-26,44-45H,4,8H2. The minimum atomic E-state index is -0.340. The highest BCUT2D eigenvalue weighted by atomic mass is 32.1. The number of para-hydroxylation sites is 3. The molecule has 232 valence electrons. The van der Waals surface area contributed by atoms with Crippen molar-refractivity contribution in [1.29, 1.82) is 0 Å². The van der Waals surface area contributed by atoms with E-state index >= 15 is 0 Å². The predicted octanol–water partition coefficient (Wildman–Crippen LogP) is 11.4. The van der Waals surface area contributed by atoms with Gasteiger partial charge in [0.25, 0.3) is 0 Å². The number of allylic oxidation sites excluding steroid dienone is 3. The number of benzene rings is 6. The van der Waals surface area contributed by atoms with Crippen LogP contribution in [0.1, 0.15) is 24.7 Å². The summed E-state index contributed by atoms with van der Waals surface area (Å²) in [6.07, 6.45) is 6.43. The summed E-state index contributed by atoms with van der Waals surface area (Å²) in [6, 6.07) is 48.4. The van der Waals surface area contributed by atoms with E-state index < -0.39 is 0 Å². The first-order valence-electron chi connectivity index (χ1n) is 17.0. The Kier molecular flexibility index (Phi) is 5.69. The number of aromatic nitrogens is 2. The van der Waals surface area contributed by atoms with E-state index in [2.05, 4.69) is 160 Å². The second kappa shape index (κ2) is 10.3. The number of fused-ring (bicyclic) bond motifs is 11. The van der Waals surface area contributed by atoms with Gasteiger partial charge < -0.3 is 14.5 Å². The van der Waals surface area contributed by atoms with Crippen molar-refractivity contribution < 1.29 is 0 Å². The highest BCUT2D eigenvalue weighted by molar-refractivity contribution is 7.26. The van der Waals surface area contributed by atoms with Crippen LogP contribution in [0.2, 0.25) is 0 Å². The van der Waals surface area contributed by atoms with Crippen molar-refractivity contribution in [3.63, 3.8) is 0 Å². The molecule has 0 amide bonds. The van der Waals surface area contributed by atoms with Crippen molar-refractivity contribution in [2.45, 2.75) is 19.1 Å².